The molecule has 0 atom stereocenters. The lowest BCUT2D eigenvalue weighted by molar-refractivity contribution is 0.183. The van der Waals surface area contributed by atoms with Crippen LogP contribution in [0.15, 0.2) is 21.0 Å². The molecule has 0 saturated heterocycles. The van der Waals surface area contributed by atoms with Gasteiger partial charge in [0.2, 0.25) is 0 Å². The van der Waals surface area contributed by atoms with Gasteiger partial charge in [-0.15, -0.1) is 0 Å². The zero-order valence-electron chi connectivity index (χ0n) is 10.6. The van der Waals surface area contributed by atoms with Crippen molar-refractivity contribution in [1.82, 2.24) is 5.32 Å². The lowest BCUT2D eigenvalue weighted by atomic mass is 10.1. The number of ether oxygens (including phenoxy) is 1. The second-order valence-electron chi connectivity index (χ2n) is 4.86. The fraction of sp³-hybridized carbons (Fsp3) is 0.429. The van der Waals surface area contributed by atoms with Gasteiger partial charge in [0.15, 0.2) is 0 Å². The van der Waals surface area contributed by atoms with E-state index in [9.17, 15) is 0 Å². The molecular formula is C14H15BrClNO2. The summed E-state index contributed by atoms with van der Waals surface area (Å²) in [6.07, 6.45) is 2.52. The minimum absolute atomic E-state index is 0.529. The third kappa shape index (κ3) is 2.82. The normalized spacial score (nSPS) is 15.3. The summed E-state index contributed by atoms with van der Waals surface area (Å²) in [4.78, 5) is 0. The smallest absolute Gasteiger partial charge is 0.149 e. The Hall–Kier alpha value is -0.550. The predicted molar refractivity (Wildman–Crippen MR) is 79.5 cm³/mol. The maximum Gasteiger partial charge on any atom is 0.149 e. The number of hydrogen-bond donors (Lipinski definition) is 1. The van der Waals surface area contributed by atoms with Crippen LogP contribution in [0.25, 0.3) is 11.0 Å². The van der Waals surface area contributed by atoms with Gasteiger partial charge < -0.3 is 14.5 Å². The molecule has 1 fully saturated rings. The highest BCUT2D eigenvalue weighted by atomic mass is 79.9. The van der Waals surface area contributed by atoms with Gasteiger partial charge in [-0.05, 0) is 40.9 Å². The van der Waals surface area contributed by atoms with E-state index in [1.807, 2.05) is 12.1 Å². The topological polar surface area (TPSA) is 34.4 Å². The quantitative estimate of drug-likeness (QED) is 0.880. The van der Waals surface area contributed by atoms with Crippen LogP contribution in [0, 0.1) is 0 Å². The van der Waals surface area contributed by atoms with Crippen LogP contribution in [0.4, 0.5) is 0 Å². The van der Waals surface area contributed by atoms with Crippen molar-refractivity contribution < 1.29 is 9.15 Å². The van der Waals surface area contributed by atoms with E-state index in [1.165, 1.54) is 12.8 Å². The number of halogens is 2. The monoisotopic (exact) mass is 343 g/mol. The van der Waals surface area contributed by atoms with Crippen LogP contribution in [0.5, 0.6) is 0 Å². The summed E-state index contributed by atoms with van der Waals surface area (Å²) in [6.45, 7) is 1.27. The van der Waals surface area contributed by atoms with Gasteiger partial charge in [-0.1, -0.05) is 11.6 Å². The van der Waals surface area contributed by atoms with Crippen LogP contribution < -0.4 is 5.32 Å². The van der Waals surface area contributed by atoms with E-state index in [-0.39, 0.29) is 0 Å². The molecule has 0 radical (unpaired) electrons. The third-order valence-corrected chi connectivity index (χ3v) is 4.12. The van der Waals surface area contributed by atoms with Gasteiger partial charge in [-0.3, -0.25) is 0 Å². The zero-order valence-corrected chi connectivity index (χ0v) is 13.0. The second-order valence-corrected chi connectivity index (χ2v) is 6.15. The summed E-state index contributed by atoms with van der Waals surface area (Å²) in [5, 5.41) is 5.18. The zero-order chi connectivity index (χ0) is 13.4. The van der Waals surface area contributed by atoms with Crippen molar-refractivity contribution >= 4 is 38.5 Å². The van der Waals surface area contributed by atoms with Gasteiger partial charge in [-0.2, -0.15) is 0 Å². The molecule has 2 aromatic rings. The highest BCUT2D eigenvalue weighted by Crippen LogP contribution is 2.35. The summed E-state index contributed by atoms with van der Waals surface area (Å²) in [7, 11) is 1.69. The molecule has 0 spiro atoms. The Kier molecular flexibility index (Phi) is 3.85. The number of nitrogens with one attached hydrogen (secondary N) is 1. The van der Waals surface area contributed by atoms with Crippen molar-refractivity contribution in [2.24, 2.45) is 0 Å². The first-order valence-electron chi connectivity index (χ1n) is 6.30. The van der Waals surface area contributed by atoms with Crippen LogP contribution in [0.2, 0.25) is 5.02 Å². The first-order valence-corrected chi connectivity index (χ1v) is 7.47. The Balaban J connectivity index is 2.03. The fourth-order valence-corrected chi connectivity index (χ4v) is 3.08. The first-order chi connectivity index (χ1) is 9.19. The largest absolute Gasteiger partial charge is 0.458 e. The first kappa shape index (κ1) is 13.4. The lowest BCUT2D eigenvalue weighted by Crippen LogP contribution is -2.15. The van der Waals surface area contributed by atoms with E-state index in [4.69, 9.17) is 20.8 Å². The fourth-order valence-electron chi connectivity index (χ4n) is 2.19. The molecule has 1 aliphatic carbocycles. The molecule has 1 saturated carbocycles. The van der Waals surface area contributed by atoms with E-state index in [0.29, 0.717) is 17.7 Å². The second kappa shape index (κ2) is 5.44. The van der Waals surface area contributed by atoms with Crippen molar-refractivity contribution in [3.63, 3.8) is 0 Å². The van der Waals surface area contributed by atoms with Crippen molar-refractivity contribution in [1.29, 1.82) is 0 Å². The molecule has 0 unspecified atom stereocenters. The Morgan fingerprint density at radius 2 is 2.26 bits per heavy atom. The van der Waals surface area contributed by atoms with Gasteiger partial charge in [0.1, 0.15) is 11.3 Å². The molecule has 1 aromatic carbocycles. The van der Waals surface area contributed by atoms with Gasteiger partial charge in [-0.25, -0.2) is 0 Å². The summed E-state index contributed by atoms with van der Waals surface area (Å²) in [6, 6.07) is 4.43. The van der Waals surface area contributed by atoms with Crippen LogP contribution in [0.3, 0.4) is 0 Å². The summed E-state index contributed by atoms with van der Waals surface area (Å²) in [5.41, 5.74) is 1.91. The molecule has 19 heavy (non-hydrogen) atoms. The highest BCUT2D eigenvalue weighted by Gasteiger charge is 2.23. The van der Waals surface area contributed by atoms with E-state index in [1.54, 1.807) is 7.11 Å². The molecular weight excluding hydrogens is 330 g/mol. The number of fused-ring (bicyclic) bond motifs is 1. The highest BCUT2D eigenvalue weighted by molar-refractivity contribution is 9.10. The Bertz CT molecular complexity index is 607. The minimum Gasteiger partial charge on any atom is -0.458 e. The standard InChI is InChI=1S/C14H15BrClNO2/c1-18-7-11-10-4-8(16)5-12(15)14(10)19-13(11)6-17-9-2-3-9/h4-5,9,17H,2-3,6-7H2,1H3. The van der Waals surface area contributed by atoms with Gasteiger partial charge >= 0.3 is 0 Å². The van der Waals surface area contributed by atoms with Gasteiger partial charge in [0.25, 0.3) is 0 Å². The Morgan fingerprint density at radius 1 is 1.47 bits per heavy atom. The minimum atomic E-state index is 0.529. The molecule has 0 aliphatic heterocycles. The molecule has 102 valence electrons. The SMILES string of the molecule is COCc1c(CNC2CC2)oc2c(Br)cc(Cl)cc12. The Morgan fingerprint density at radius 3 is 2.95 bits per heavy atom. The van der Waals surface area contributed by atoms with Crippen molar-refractivity contribution in [2.75, 3.05) is 7.11 Å². The molecule has 1 heterocycles. The maximum atomic E-state index is 6.11. The summed E-state index contributed by atoms with van der Waals surface area (Å²) < 4.78 is 12.1. The summed E-state index contributed by atoms with van der Waals surface area (Å²) in [5.74, 6) is 0.937. The van der Waals surface area contributed by atoms with Crippen molar-refractivity contribution in [3.8, 4) is 0 Å². The van der Waals surface area contributed by atoms with Gasteiger partial charge in [0, 0.05) is 29.1 Å². The van der Waals surface area contributed by atoms with Crippen LogP contribution in [-0.2, 0) is 17.9 Å². The molecule has 1 aromatic heterocycles. The molecule has 1 aliphatic rings. The molecule has 1 N–H and O–H groups in total. The predicted octanol–water partition coefficient (Wildman–Crippen LogP) is 4.25. The molecule has 3 nitrogen and oxygen atoms in total. The van der Waals surface area contributed by atoms with Gasteiger partial charge in [0.05, 0.1) is 17.6 Å². The van der Waals surface area contributed by atoms with E-state index in [2.05, 4.69) is 21.2 Å². The van der Waals surface area contributed by atoms with E-state index >= 15 is 0 Å². The molecule has 3 rings (SSSR count). The molecule has 0 amide bonds. The molecule has 0 bridgehead atoms. The van der Waals surface area contributed by atoms with Crippen LogP contribution in [0.1, 0.15) is 24.2 Å². The van der Waals surface area contributed by atoms with Crippen LogP contribution >= 0.6 is 27.5 Å². The third-order valence-electron chi connectivity index (χ3n) is 3.31. The summed E-state index contributed by atoms with van der Waals surface area (Å²) >= 11 is 9.61. The van der Waals surface area contributed by atoms with Crippen molar-refractivity contribution in [3.05, 3.63) is 33.0 Å². The maximum absolute atomic E-state index is 6.11. The van der Waals surface area contributed by atoms with E-state index < -0.39 is 0 Å². The average molecular weight is 345 g/mol. The number of methoxy groups -OCH3 is 1. The average Bonchev–Trinajstić information content (AvgIpc) is 3.13. The number of rotatable bonds is 5. The molecule has 5 heteroatoms. The lowest BCUT2D eigenvalue weighted by Gasteiger charge is -2.03. The number of benzene rings is 1. The van der Waals surface area contributed by atoms with Crippen LogP contribution in [-0.4, -0.2) is 13.2 Å². The number of furan rings is 1. The Labute approximate surface area is 125 Å². The van der Waals surface area contributed by atoms with E-state index in [0.717, 1.165) is 33.3 Å². The number of hydrogen-bond acceptors (Lipinski definition) is 3. The van der Waals surface area contributed by atoms with Crippen molar-refractivity contribution in [2.45, 2.75) is 32.0 Å².